The SMILES string of the molecule is c1ccc(OCCNc2nccc(Nc3ccncn3)n2)cc1. The van der Waals surface area contributed by atoms with E-state index >= 15 is 0 Å². The van der Waals surface area contributed by atoms with Gasteiger partial charge in [-0.1, -0.05) is 18.2 Å². The first-order chi connectivity index (χ1) is 11.4. The molecule has 2 N–H and O–H groups in total. The van der Waals surface area contributed by atoms with Crippen LogP contribution in [0.1, 0.15) is 0 Å². The Morgan fingerprint density at radius 1 is 0.913 bits per heavy atom. The van der Waals surface area contributed by atoms with E-state index in [1.165, 1.54) is 6.33 Å². The van der Waals surface area contributed by atoms with Crippen LogP contribution in [-0.4, -0.2) is 33.1 Å². The van der Waals surface area contributed by atoms with Gasteiger partial charge in [-0.15, -0.1) is 0 Å². The monoisotopic (exact) mass is 308 g/mol. The first kappa shape index (κ1) is 14.7. The zero-order chi connectivity index (χ0) is 15.7. The van der Waals surface area contributed by atoms with Gasteiger partial charge in [-0.25, -0.2) is 15.0 Å². The second kappa shape index (κ2) is 7.69. The summed E-state index contributed by atoms with van der Waals surface area (Å²) < 4.78 is 5.60. The molecule has 7 nitrogen and oxygen atoms in total. The van der Waals surface area contributed by atoms with Gasteiger partial charge in [0.25, 0.3) is 0 Å². The number of benzene rings is 1. The van der Waals surface area contributed by atoms with E-state index in [-0.39, 0.29) is 0 Å². The van der Waals surface area contributed by atoms with Crippen LogP contribution in [0.4, 0.5) is 17.6 Å². The number of nitrogens with one attached hydrogen (secondary N) is 2. The second-order valence-corrected chi connectivity index (χ2v) is 4.57. The lowest BCUT2D eigenvalue weighted by molar-refractivity contribution is 0.332. The van der Waals surface area contributed by atoms with E-state index in [1.807, 2.05) is 30.3 Å². The molecule has 0 saturated carbocycles. The standard InChI is InChI=1S/C16H16N6O/c1-2-4-13(5-3-1)23-11-10-19-16-18-9-7-15(22-16)21-14-6-8-17-12-20-14/h1-9,12H,10-11H2,(H2,17,18,19,20,21,22). The molecule has 2 heterocycles. The van der Waals surface area contributed by atoms with Crippen LogP contribution in [0, 0.1) is 0 Å². The lowest BCUT2D eigenvalue weighted by Crippen LogP contribution is -2.13. The molecule has 0 fully saturated rings. The van der Waals surface area contributed by atoms with Crippen molar-refractivity contribution < 1.29 is 4.74 Å². The maximum atomic E-state index is 5.60. The van der Waals surface area contributed by atoms with Gasteiger partial charge in [0, 0.05) is 12.4 Å². The summed E-state index contributed by atoms with van der Waals surface area (Å²) >= 11 is 0. The molecule has 0 aliphatic carbocycles. The van der Waals surface area contributed by atoms with Gasteiger partial charge < -0.3 is 15.4 Å². The predicted molar refractivity (Wildman–Crippen MR) is 87.8 cm³/mol. The van der Waals surface area contributed by atoms with Gasteiger partial charge in [-0.3, -0.25) is 0 Å². The quantitative estimate of drug-likeness (QED) is 0.649. The summed E-state index contributed by atoms with van der Waals surface area (Å²) in [6, 6.07) is 13.2. The molecule has 0 saturated heterocycles. The van der Waals surface area contributed by atoms with Crippen LogP contribution < -0.4 is 15.4 Å². The van der Waals surface area contributed by atoms with E-state index in [4.69, 9.17) is 4.74 Å². The lowest BCUT2D eigenvalue weighted by atomic mass is 10.3. The summed E-state index contributed by atoms with van der Waals surface area (Å²) in [5.74, 6) is 2.71. The molecule has 23 heavy (non-hydrogen) atoms. The highest BCUT2D eigenvalue weighted by Gasteiger charge is 2.00. The van der Waals surface area contributed by atoms with Gasteiger partial charge in [0.05, 0.1) is 6.54 Å². The van der Waals surface area contributed by atoms with Crippen molar-refractivity contribution in [3.63, 3.8) is 0 Å². The molecular weight excluding hydrogens is 292 g/mol. The molecule has 0 radical (unpaired) electrons. The normalized spacial score (nSPS) is 10.1. The predicted octanol–water partition coefficient (Wildman–Crippen LogP) is 2.50. The topological polar surface area (TPSA) is 84.9 Å². The molecule has 0 atom stereocenters. The van der Waals surface area contributed by atoms with Gasteiger partial charge in [0.15, 0.2) is 0 Å². The van der Waals surface area contributed by atoms with Gasteiger partial charge in [0.1, 0.15) is 30.3 Å². The van der Waals surface area contributed by atoms with E-state index < -0.39 is 0 Å². The molecule has 0 aliphatic rings. The Kier molecular flexibility index (Phi) is 4.92. The summed E-state index contributed by atoms with van der Waals surface area (Å²) in [6.07, 6.45) is 4.82. The third kappa shape index (κ3) is 4.63. The third-order valence-electron chi connectivity index (χ3n) is 2.89. The largest absolute Gasteiger partial charge is 0.492 e. The Bertz CT molecular complexity index is 723. The summed E-state index contributed by atoms with van der Waals surface area (Å²) in [4.78, 5) is 16.5. The van der Waals surface area contributed by atoms with Crippen LogP contribution in [0.3, 0.4) is 0 Å². The summed E-state index contributed by atoms with van der Waals surface area (Å²) in [5.41, 5.74) is 0. The summed E-state index contributed by atoms with van der Waals surface area (Å²) in [7, 11) is 0. The molecule has 0 spiro atoms. The van der Waals surface area contributed by atoms with Crippen molar-refractivity contribution in [1.29, 1.82) is 0 Å². The molecule has 3 rings (SSSR count). The van der Waals surface area contributed by atoms with Crippen molar-refractivity contribution >= 4 is 17.6 Å². The van der Waals surface area contributed by atoms with E-state index in [0.29, 0.717) is 30.7 Å². The van der Waals surface area contributed by atoms with Gasteiger partial charge in [-0.05, 0) is 24.3 Å². The van der Waals surface area contributed by atoms with Crippen molar-refractivity contribution in [2.24, 2.45) is 0 Å². The molecule has 116 valence electrons. The summed E-state index contributed by atoms with van der Waals surface area (Å²) in [5, 5.41) is 6.21. The average Bonchev–Trinajstić information content (AvgIpc) is 2.61. The van der Waals surface area contributed by atoms with Crippen molar-refractivity contribution in [3.8, 4) is 5.75 Å². The van der Waals surface area contributed by atoms with Gasteiger partial charge in [-0.2, -0.15) is 4.98 Å². The maximum Gasteiger partial charge on any atom is 0.224 e. The first-order valence-corrected chi connectivity index (χ1v) is 7.18. The number of para-hydroxylation sites is 1. The fraction of sp³-hybridized carbons (Fsp3) is 0.125. The number of hydrogen-bond donors (Lipinski definition) is 2. The molecule has 7 heteroatoms. The van der Waals surface area contributed by atoms with Crippen LogP contribution in [0.5, 0.6) is 5.75 Å². The molecule has 1 aromatic carbocycles. The minimum Gasteiger partial charge on any atom is -0.492 e. The van der Waals surface area contributed by atoms with Crippen LogP contribution in [-0.2, 0) is 0 Å². The van der Waals surface area contributed by atoms with Crippen LogP contribution in [0.2, 0.25) is 0 Å². The van der Waals surface area contributed by atoms with Crippen molar-refractivity contribution in [2.45, 2.75) is 0 Å². The smallest absolute Gasteiger partial charge is 0.224 e. The van der Waals surface area contributed by atoms with Crippen LogP contribution in [0.25, 0.3) is 0 Å². The maximum absolute atomic E-state index is 5.60. The lowest BCUT2D eigenvalue weighted by Gasteiger charge is -2.09. The molecule has 3 aromatic rings. The van der Waals surface area contributed by atoms with Crippen LogP contribution in [0.15, 0.2) is 61.2 Å². The van der Waals surface area contributed by atoms with Gasteiger partial charge >= 0.3 is 0 Å². The Labute approximate surface area is 133 Å². The molecule has 2 aromatic heterocycles. The highest BCUT2D eigenvalue weighted by Crippen LogP contribution is 2.11. The van der Waals surface area contributed by atoms with Crippen molar-refractivity contribution in [1.82, 2.24) is 19.9 Å². The Morgan fingerprint density at radius 3 is 2.61 bits per heavy atom. The molecule has 0 unspecified atom stereocenters. The average molecular weight is 308 g/mol. The number of aromatic nitrogens is 4. The third-order valence-corrected chi connectivity index (χ3v) is 2.89. The minimum absolute atomic E-state index is 0.525. The van der Waals surface area contributed by atoms with Crippen molar-refractivity contribution in [3.05, 3.63) is 61.2 Å². The number of ether oxygens (including phenoxy) is 1. The zero-order valence-electron chi connectivity index (χ0n) is 12.4. The van der Waals surface area contributed by atoms with Crippen molar-refractivity contribution in [2.75, 3.05) is 23.8 Å². The minimum atomic E-state index is 0.525. The summed E-state index contributed by atoms with van der Waals surface area (Å²) in [6.45, 7) is 1.13. The van der Waals surface area contributed by atoms with E-state index in [2.05, 4.69) is 30.6 Å². The first-order valence-electron chi connectivity index (χ1n) is 7.18. The Hall–Kier alpha value is -3.22. The molecule has 0 bridgehead atoms. The number of hydrogen-bond acceptors (Lipinski definition) is 7. The fourth-order valence-corrected chi connectivity index (χ4v) is 1.86. The molecular formula is C16H16N6O. The molecule has 0 aliphatic heterocycles. The van der Waals surface area contributed by atoms with Crippen LogP contribution >= 0.6 is 0 Å². The highest BCUT2D eigenvalue weighted by molar-refractivity contribution is 5.51. The van der Waals surface area contributed by atoms with E-state index in [9.17, 15) is 0 Å². The highest BCUT2D eigenvalue weighted by atomic mass is 16.5. The van der Waals surface area contributed by atoms with Gasteiger partial charge in [0.2, 0.25) is 5.95 Å². The zero-order valence-corrected chi connectivity index (χ0v) is 12.4. The second-order valence-electron chi connectivity index (χ2n) is 4.57. The fourth-order valence-electron chi connectivity index (χ4n) is 1.86. The number of anilines is 3. The molecule has 0 amide bonds. The number of rotatable bonds is 7. The Morgan fingerprint density at radius 2 is 1.78 bits per heavy atom. The van der Waals surface area contributed by atoms with E-state index in [0.717, 1.165) is 5.75 Å². The Balaban J connectivity index is 1.49. The number of nitrogens with zero attached hydrogens (tertiary/aromatic N) is 4. The van der Waals surface area contributed by atoms with E-state index in [1.54, 1.807) is 24.5 Å².